The summed E-state index contributed by atoms with van der Waals surface area (Å²) in [6.45, 7) is 29.9. The van der Waals surface area contributed by atoms with Crippen molar-refractivity contribution in [3.63, 3.8) is 0 Å². The Labute approximate surface area is 347 Å². The van der Waals surface area contributed by atoms with Crippen molar-refractivity contribution in [1.29, 1.82) is 0 Å². The van der Waals surface area contributed by atoms with E-state index in [1.165, 1.54) is 117 Å². The van der Waals surface area contributed by atoms with Crippen LogP contribution in [-0.2, 0) is 0 Å². The minimum absolute atomic E-state index is 1.31. The van der Waals surface area contributed by atoms with Crippen molar-refractivity contribution in [2.45, 2.75) is 156 Å². The van der Waals surface area contributed by atoms with Gasteiger partial charge in [-0.25, -0.2) is 0 Å². The molecule has 0 fully saturated rings. The number of rotatable bonds is 18. The summed E-state index contributed by atoms with van der Waals surface area (Å²) in [6, 6.07) is 51.1. The van der Waals surface area contributed by atoms with Gasteiger partial charge in [-0.05, 0) is 61.3 Å². The van der Waals surface area contributed by atoms with Crippen LogP contribution >= 0.6 is 0 Å². The molecule has 0 atom stereocenters. The molecule has 0 N–H and O–H groups in total. The fourth-order valence-electron chi connectivity index (χ4n) is 12.0. The van der Waals surface area contributed by atoms with Crippen LogP contribution in [0, 0.1) is 0 Å². The van der Waals surface area contributed by atoms with Gasteiger partial charge in [-0.1, -0.05) is 255 Å². The molecule has 0 aliphatic heterocycles. The first-order chi connectivity index (χ1) is 27.1. The Balaban J connectivity index is 1.67. The van der Waals surface area contributed by atoms with Crippen LogP contribution in [0.2, 0.25) is 72.5 Å². The summed E-state index contributed by atoms with van der Waals surface area (Å²) in [6.07, 6.45) is 0. The zero-order chi connectivity index (χ0) is 40.5. The number of hydrogen-bond acceptors (Lipinski definition) is 0. The Hall–Kier alpha value is -2.77. The third-order valence-electron chi connectivity index (χ3n) is 16.7. The van der Waals surface area contributed by atoms with Gasteiger partial charge in [-0.15, -0.1) is 0 Å². The Morgan fingerprint density at radius 1 is 0.304 bits per heavy atom. The SMILES string of the molecule is CC[Si](CC)(CC)c1cccc([Si](CC)(CC)CC)c1-c1ccc2c(c1)-c1cccc3c(-c4c([Si](CC)(CC)CC)cccc4[Si](CC)(CC)CC)ccc-2c13. The van der Waals surface area contributed by atoms with E-state index in [-0.39, 0.29) is 0 Å². The van der Waals surface area contributed by atoms with Gasteiger partial charge < -0.3 is 0 Å². The Kier molecular flexibility index (Phi) is 13.2. The lowest BCUT2D eigenvalue weighted by atomic mass is 9.94. The lowest BCUT2D eigenvalue weighted by Gasteiger charge is -2.37. The number of fused-ring (bicyclic) bond motifs is 3. The van der Waals surface area contributed by atoms with Crippen LogP contribution in [0.4, 0.5) is 0 Å². The largest absolute Gasteiger partial charge is 0.0867 e. The summed E-state index contributed by atoms with van der Waals surface area (Å²) < 4.78 is 0. The van der Waals surface area contributed by atoms with Gasteiger partial charge in [0.25, 0.3) is 0 Å². The average Bonchev–Trinajstić information content (AvgIpc) is 3.58. The zero-order valence-electron chi connectivity index (χ0n) is 37.6. The van der Waals surface area contributed by atoms with Crippen molar-refractivity contribution in [3.8, 4) is 44.5 Å². The molecule has 4 heteroatoms. The standard InChI is InChI=1S/C52H74Si4/c1-13-53(14-2,15-3)46-30-26-31-47(54(16-4,17-5)18-6)50(46)39-34-35-40-43-36-37-44(41-28-25-29-42(51(41)43)45(40)38-39)52-48(55(19-7,20-8)21-9)32-27-33-49(52)56(22-10,23-11)24-12/h25-38H,13-24H2,1-12H3. The van der Waals surface area contributed by atoms with E-state index >= 15 is 0 Å². The summed E-state index contributed by atoms with van der Waals surface area (Å²) in [4.78, 5) is 0. The van der Waals surface area contributed by atoms with Gasteiger partial charge in [0.15, 0.2) is 0 Å². The molecule has 1 aliphatic rings. The second-order valence-electron chi connectivity index (χ2n) is 17.5. The lowest BCUT2D eigenvalue weighted by Crippen LogP contribution is -2.53. The fraction of sp³-hybridized carbons (Fsp3) is 0.462. The van der Waals surface area contributed by atoms with Crippen molar-refractivity contribution in [3.05, 3.63) is 84.9 Å². The zero-order valence-corrected chi connectivity index (χ0v) is 41.6. The maximum Gasteiger partial charge on any atom is 0.0867 e. The Morgan fingerprint density at radius 2 is 0.643 bits per heavy atom. The molecule has 0 spiro atoms. The molecule has 0 heterocycles. The number of benzene rings is 5. The van der Waals surface area contributed by atoms with E-state index in [2.05, 4.69) is 168 Å². The van der Waals surface area contributed by atoms with Crippen LogP contribution in [0.15, 0.2) is 84.9 Å². The third-order valence-corrected chi connectivity index (χ3v) is 39.2. The molecule has 0 unspecified atom stereocenters. The second kappa shape index (κ2) is 17.2. The number of hydrogen-bond donors (Lipinski definition) is 0. The normalized spacial score (nSPS) is 13.1. The van der Waals surface area contributed by atoms with Gasteiger partial charge >= 0.3 is 0 Å². The van der Waals surface area contributed by atoms with Crippen molar-refractivity contribution in [1.82, 2.24) is 0 Å². The molecular formula is C52H74Si4. The van der Waals surface area contributed by atoms with Crippen LogP contribution in [0.25, 0.3) is 55.3 Å². The molecule has 5 aromatic carbocycles. The fourth-order valence-corrected chi connectivity index (χ4v) is 27.8. The summed E-state index contributed by atoms with van der Waals surface area (Å²) in [5, 5.41) is 9.90. The topological polar surface area (TPSA) is 0 Å². The van der Waals surface area contributed by atoms with Crippen LogP contribution in [-0.4, -0.2) is 32.3 Å². The average molecular weight is 812 g/mol. The molecule has 0 saturated carbocycles. The predicted octanol–water partition coefficient (Wildman–Crippen LogP) is 14.7. The van der Waals surface area contributed by atoms with E-state index in [1.54, 1.807) is 31.9 Å². The first-order valence-corrected chi connectivity index (χ1v) is 33.6. The first-order valence-electron chi connectivity index (χ1n) is 23.1. The summed E-state index contributed by atoms with van der Waals surface area (Å²) >= 11 is 0. The molecule has 56 heavy (non-hydrogen) atoms. The highest BCUT2D eigenvalue weighted by atomic mass is 28.3. The minimum Gasteiger partial charge on any atom is -0.0675 e. The van der Waals surface area contributed by atoms with Gasteiger partial charge in [0, 0.05) is 0 Å². The van der Waals surface area contributed by atoms with Crippen LogP contribution in [0.5, 0.6) is 0 Å². The van der Waals surface area contributed by atoms with Crippen LogP contribution < -0.4 is 20.7 Å². The van der Waals surface area contributed by atoms with Gasteiger partial charge in [0.2, 0.25) is 0 Å². The summed E-state index contributed by atoms with van der Waals surface area (Å²) in [5.74, 6) is 0. The first kappa shape index (κ1) is 42.8. The lowest BCUT2D eigenvalue weighted by molar-refractivity contribution is 1.19. The van der Waals surface area contributed by atoms with Crippen molar-refractivity contribution < 1.29 is 0 Å². The molecule has 0 bridgehead atoms. The maximum atomic E-state index is 2.65. The smallest absolute Gasteiger partial charge is 0.0675 e. The van der Waals surface area contributed by atoms with E-state index in [1.807, 2.05) is 0 Å². The monoisotopic (exact) mass is 810 g/mol. The van der Waals surface area contributed by atoms with Gasteiger partial charge in [-0.3, -0.25) is 0 Å². The van der Waals surface area contributed by atoms with Crippen molar-refractivity contribution >= 4 is 63.8 Å². The minimum atomic E-state index is -1.71. The second-order valence-corrected chi connectivity index (χ2v) is 38.4. The molecule has 0 saturated heterocycles. The third kappa shape index (κ3) is 6.48. The Bertz CT molecular complexity index is 2050. The highest BCUT2D eigenvalue weighted by Crippen LogP contribution is 2.50. The summed E-state index contributed by atoms with van der Waals surface area (Å²) in [7, 11) is -6.79. The van der Waals surface area contributed by atoms with E-state index < -0.39 is 32.3 Å². The van der Waals surface area contributed by atoms with Gasteiger partial charge in [-0.2, -0.15) is 0 Å². The van der Waals surface area contributed by atoms with Crippen LogP contribution in [0.3, 0.4) is 0 Å². The molecular weight excluding hydrogens is 737 g/mol. The van der Waals surface area contributed by atoms with Crippen molar-refractivity contribution in [2.24, 2.45) is 0 Å². The van der Waals surface area contributed by atoms with E-state index in [4.69, 9.17) is 0 Å². The van der Waals surface area contributed by atoms with E-state index in [0.29, 0.717) is 0 Å². The molecule has 6 rings (SSSR count). The molecule has 0 radical (unpaired) electrons. The van der Waals surface area contributed by atoms with Crippen LogP contribution in [0.1, 0.15) is 83.1 Å². The quantitative estimate of drug-likeness (QED) is 0.0759. The molecule has 0 amide bonds. The molecule has 5 aromatic rings. The molecule has 298 valence electrons. The summed E-state index contributed by atoms with van der Waals surface area (Å²) in [5.41, 5.74) is 12.0. The molecule has 0 nitrogen and oxygen atoms in total. The highest BCUT2D eigenvalue weighted by Gasteiger charge is 2.40. The van der Waals surface area contributed by atoms with Gasteiger partial charge in [0.1, 0.15) is 0 Å². The highest BCUT2D eigenvalue weighted by molar-refractivity contribution is 6.97. The predicted molar refractivity (Wildman–Crippen MR) is 267 cm³/mol. The molecule has 0 aromatic heterocycles. The van der Waals surface area contributed by atoms with Gasteiger partial charge in [0.05, 0.1) is 32.3 Å². The van der Waals surface area contributed by atoms with E-state index in [0.717, 1.165) is 0 Å². The van der Waals surface area contributed by atoms with Crippen molar-refractivity contribution in [2.75, 3.05) is 0 Å². The Morgan fingerprint density at radius 3 is 1.05 bits per heavy atom. The maximum absolute atomic E-state index is 2.65. The van der Waals surface area contributed by atoms with E-state index in [9.17, 15) is 0 Å². The molecule has 1 aliphatic carbocycles.